The van der Waals surface area contributed by atoms with Gasteiger partial charge in [0.2, 0.25) is 11.8 Å². The third-order valence-corrected chi connectivity index (χ3v) is 6.93. The van der Waals surface area contributed by atoms with E-state index >= 15 is 0 Å². The number of piperazine rings is 1. The van der Waals surface area contributed by atoms with Crippen LogP contribution in [0.2, 0.25) is 0 Å². The maximum atomic E-state index is 12.8. The number of nitrogens with one attached hydrogen (secondary N) is 3. The first-order chi connectivity index (χ1) is 16.6. The number of fused-ring (bicyclic) bond motifs is 1. The van der Waals surface area contributed by atoms with Crippen molar-refractivity contribution in [1.82, 2.24) is 20.9 Å². The normalized spacial score (nSPS) is 20.5. The molecular weight excluding hydrogens is 430 g/mol. The molecular formula is C26H31N5O3. The van der Waals surface area contributed by atoms with Crippen molar-refractivity contribution in [3.8, 4) is 0 Å². The van der Waals surface area contributed by atoms with Crippen LogP contribution in [-0.2, 0) is 29.1 Å². The summed E-state index contributed by atoms with van der Waals surface area (Å²) in [6.45, 7) is 6.18. The molecule has 3 aliphatic heterocycles. The lowest BCUT2D eigenvalue weighted by molar-refractivity contribution is -0.136. The third kappa shape index (κ3) is 4.83. The van der Waals surface area contributed by atoms with Crippen LogP contribution in [0.1, 0.15) is 39.9 Å². The van der Waals surface area contributed by atoms with Gasteiger partial charge in [0.05, 0.1) is 0 Å². The van der Waals surface area contributed by atoms with E-state index in [1.54, 1.807) is 4.90 Å². The van der Waals surface area contributed by atoms with Crippen LogP contribution in [0.4, 0.5) is 5.69 Å². The Bertz CT molecular complexity index is 1080. The van der Waals surface area contributed by atoms with Crippen LogP contribution in [0.3, 0.4) is 0 Å². The number of piperidine rings is 1. The molecule has 178 valence electrons. The standard InChI is InChI=1S/C26H31N5O3/c32-24-8-7-23(25(33)29-24)31-17-20-15-19(3-6-22(20)26(31)34)16-28-10-9-18-1-4-21(5-2-18)30-13-11-27-12-14-30/h1-6,15,23,27-28H,7-14,16-17H2,(H,29,32,33). The minimum absolute atomic E-state index is 0.131. The molecule has 0 aromatic heterocycles. The topological polar surface area (TPSA) is 93.8 Å². The molecule has 0 aliphatic carbocycles. The molecule has 34 heavy (non-hydrogen) atoms. The second kappa shape index (κ2) is 9.95. The first kappa shape index (κ1) is 22.6. The van der Waals surface area contributed by atoms with Crippen molar-refractivity contribution >= 4 is 23.4 Å². The highest BCUT2D eigenvalue weighted by atomic mass is 16.2. The molecule has 2 aromatic rings. The van der Waals surface area contributed by atoms with Gasteiger partial charge in [0, 0.05) is 56.9 Å². The Hall–Kier alpha value is -3.23. The highest BCUT2D eigenvalue weighted by molar-refractivity contribution is 6.05. The molecule has 5 rings (SSSR count). The molecule has 0 saturated carbocycles. The van der Waals surface area contributed by atoms with Crippen LogP contribution in [-0.4, -0.2) is 61.4 Å². The number of carbonyl (C=O) groups excluding carboxylic acids is 3. The third-order valence-electron chi connectivity index (χ3n) is 6.93. The van der Waals surface area contributed by atoms with E-state index in [2.05, 4.69) is 45.1 Å². The molecule has 8 heteroatoms. The van der Waals surface area contributed by atoms with Crippen molar-refractivity contribution < 1.29 is 14.4 Å². The molecule has 2 saturated heterocycles. The number of benzene rings is 2. The zero-order valence-electron chi connectivity index (χ0n) is 19.3. The Morgan fingerprint density at radius 3 is 2.50 bits per heavy atom. The van der Waals surface area contributed by atoms with Gasteiger partial charge < -0.3 is 20.4 Å². The van der Waals surface area contributed by atoms with E-state index in [0.29, 0.717) is 18.5 Å². The molecule has 3 N–H and O–H groups in total. The lowest BCUT2D eigenvalue weighted by Gasteiger charge is -2.29. The molecule has 8 nitrogen and oxygen atoms in total. The fourth-order valence-electron chi connectivity index (χ4n) is 5.00. The zero-order chi connectivity index (χ0) is 23.5. The number of amides is 3. The highest BCUT2D eigenvalue weighted by Crippen LogP contribution is 2.28. The first-order valence-corrected chi connectivity index (χ1v) is 12.1. The average Bonchev–Trinajstić information content (AvgIpc) is 3.18. The van der Waals surface area contributed by atoms with Gasteiger partial charge in [0.25, 0.3) is 5.91 Å². The predicted molar refractivity (Wildman–Crippen MR) is 129 cm³/mol. The fourth-order valence-corrected chi connectivity index (χ4v) is 5.00. The van der Waals surface area contributed by atoms with Gasteiger partial charge in [-0.25, -0.2) is 0 Å². The summed E-state index contributed by atoms with van der Waals surface area (Å²) in [5.41, 5.74) is 5.31. The van der Waals surface area contributed by atoms with Crippen molar-refractivity contribution in [3.05, 3.63) is 64.7 Å². The van der Waals surface area contributed by atoms with Crippen molar-refractivity contribution in [2.24, 2.45) is 0 Å². The van der Waals surface area contributed by atoms with Crippen LogP contribution in [0.5, 0.6) is 0 Å². The maximum Gasteiger partial charge on any atom is 0.255 e. The largest absolute Gasteiger partial charge is 0.369 e. The Labute approximate surface area is 199 Å². The molecule has 1 unspecified atom stereocenters. The Morgan fingerprint density at radius 2 is 1.74 bits per heavy atom. The maximum absolute atomic E-state index is 12.8. The summed E-state index contributed by atoms with van der Waals surface area (Å²) in [4.78, 5) is 40.5. The summed E-state index contributed by atoms with van der Waals surface area (Å²) >= 11 is 0. The summed E-state index contributed by atoms with van der Waals surface area (Å²) < 4.78 is 0. The van der Waals surface area contributed by atoms with Crippen LogP contribution < -0.4 is 20.9 Å². The average molecular weight is 462 g/mol. The van der Waals surface area contributed by atoms with Gasteiger partial charge in [-0.1, -0.05) is 24.3 Å². The number of hydrogen-bond acceptors (Lipinski definition) is 6. The zero-order valence-corrected chi connectivity index (χ0v) is 19.3. The van der Waals surface area contributed by atoms with Crippen molar-refractivity contribution in [1.29, 1.82) is 0 Å². The molecule has 0 radical (unpaired) electrons. The smallest absolute Gasteiger partial charge is 0.255 e. The number of imide groups is 1. The number of anilines is 1. The van der Waals surface area contributed by atoms with E-state index in [1.165, 1.54) is 11.3 Å². The van der Waals surface area contributed by atoms with E-state index in [0.717, 1.165) is 56.8 Å². The van der Waals surface area contributed by atoms with Crippen LogP contribution in [0.25, 0.3) is 0 Å². The van der Waals surface area contributed by atoms with Gasteiger partial charge in [0.1, 0.15) is 6.04 Å². The van der Waals surface area contributed by atoms with E-state index in [-0.39, 0.29) is 24.1 Å². The molecule has 0 spiro atoms. The van der Waals surface area contributed by atoms with E-state index in [4.69, 9.17) is 0 Å². The second-order valence-electron chi connectivity index (χ2n) is 9.22. The Balaban J connectivity index is 1.11. The summed E-state index contributed by atoms with van der Waals surface area (Å²) in [7, 11) is 0. The molecule has 3 amide bonds. The highest BCUT2D eigenvalue weighted by Gasteiger charge is 2.39. The summed E-state index contributed by atoms with van der Waals surface area (Å²) in [5, 5.41) is 9.23. The lowest BCUT2D eigenvalue weighted by atomic mass is 10.0. The van der Waals surface area contributed by atoms with Gasteiger partial charge >= 0.3 is 0 Å². The monoisotopic (exact) mass is 461 g/mol. The van der Waals surface area contributed by atoms with Gasteiger partial charge in [-0.3, -0.25) is 19.7 Å². The van der Waals surface area contributed by atoms with Crippen molar-refractivity contribution in [3.63, 3.8) is 0 Å². The number of hydrogen-bond donors (Lipinski definition) is 3. The van der Waals surface area contributed by atoms with Crippen molar-refractivity contribution in [2.75, 3.05) is 37.6 Å². The van der Waals surface area contributed by atoms with Crippen molar-refractivity contribution in [2.45, 2.75) is 38.4 Å². The van der Waals surface area contributed by atoms with E-state index in [1.807, 2.05) is 18.2 Å². The van der Waals surface area contributed by atoms with Gasteiger partial charge in [-0.05, 0) is 54.3 Å². The molecule has 3 aliphatic rings. The van der Waals surface area contributed by atoms with Crippen LogP contribution >= 0.6 is 0 Å². The number of rotatable bonds is 7. The molecule has 0 bridgehead atoms. The first-order valence-electron chi connectivity index (χ1n) is 12.1. The predicted octanol–water partition coefficient (Wildman–Crippen LogP) is 1.19. The molecule has 1 atom stereocenters. The van der Waals surface area contributed by atoms with Gasteiger partial charge in [0.15, 0.2) is 0 Å². The molecule has 3 heterocycles. The number of nitrogens with zero attached hydrogens (tertiary/aromatic N) is 2. The summed E-state index contributed by atoms with van der Waals surface area (Å²) in [6.07, 6.45) is 1.60. The van der Waals surface area contributed by atoms with Gasteiger partial charge in [-0.15, -0.1) is 0 Å². The lowest BCUT2D eigenvalue weighted by Crippen LogP contribution is -2.52. The molecule has 2 fully saturated rings. The fraction of sp³-hybridized carbons (Fsp3) is 0.423. The van der Waals surface area contributed by atoms with E-state index < -0.39 is 6.04 Å². The molecule has 2 aromatic carbocycles. The minimum Gasteiger partial charge on any atom is -0.369 e. The second-order valence-corrected chi connectivity index (χ2v) is 9.22. The Kier molecular flexibility index (Phi) is 6.60. The van der Waals surface area contributed by atoms with Gasteiger partial charge in [-0.2, -0.15) is 0 Å². The van der Waals surface area contributed by atoms with E-state index in [9.17, 15) is 14.4 Å². The number of carbonyl (C=O) groups is 3. The summed E-state index contributed by atoms with van der Waals surface area (Å²) in [5.74, 6) is -0.775. The quantitative estimate of drug-likeness (QED) is 0.424. The van der Waals surface area contributed by atoms with Crippen LogP contribution in [0.15, 0.2) is 42.5 Å². The SMILES string of the molecule is O=C1CCC(N2Cc3cc(CNCCc4ccc(N5CCNCC5)cc4)ccc3C2=O)C(=O)N1. The Morgan fingerprint density at radius 1 is 0.971 bits per heavy atom. The van der Waals surface area contributed by atoms with Crippen LogP contribution in [0, 0.1) is 0 Å². The minimum atomic E-state index is -0.572. The summed E-state index contributed by atoms with van der Waals surface area (Å²) in [6, 6.07) is 14.2.